The van der Waals surface area contributed by atoms with E-state index < -0.39 is 11.7 Å². The number of benzene rings is 8. The molecular formula is C98H130F5N3O2. The van der Waals surface area contributed by atoms with Gasteiger partial charge < -0.3 is 13.7 Å². The highest BCUT2D eigenvalue weighted by Gasteiger charge is 2.31. The van der Waals surface area contributed by atoms with Crippen LogP contribution in [0.25, 0.3) is 26.4 Å². The SMILES string of the molecule is C/C(=C\N(C)C)C(C)(C)C.CC(C)(C)c1cc2ccccc2c2ccccc12.CC(C)(C)c1ccc(C#N)cc1.CC(C)(C)c1ccc(C(F)(F)F)cc1.CC(C)(C)c1ccc(F)cc1.CC(C)(C)c1ccccc1F.CC(C)(C)c1ccoc1.CCc1ccc(C(C)(C)C)o1.[C-]#[N+]c1ccccc1C(C)(C)C. The van der Waals surface area contributed by atoms with Crippen LogP contribution in [-0.4, -0.2) is 19.0 Å². The van der Waals surface area contributed by atoms with Gasteiger partial charge in [0.2, 0.25) is 0 Å². The number of rotatable bonds is 2. The third-order valence-electron chi connectivity index (χ3n) is 17.5. The van der Waals surface area contributed by atoms with Crippen molar-refractivity contribution >= 4 is 27.2 Å². The van der Waals surface area contributed by atoms with Crippen LogP contribution in [-0.2, 0) is 55.9 Å². The quantitative estimate of drug-likeness (QED) is 0.0983. The van der Waals surface area contributed by atoms with Gasteiger partial charge in [-0.2, -0.15) is 18.4 Å². The Morgan fingerprint density at radius 1 is 0.444 bits per heavy atom. The summed E-state index contributed by atoms with van der Waals surface area (Å²) in [7, 11) is 4.10. The molecule has 0 saturated heterocycles. The van der Waals surface area contributed by atoms with E-state index in [9.17, 15) is 22.0 Å². The molecule has 10 rings (SSSR count). The molecule has 0 bridgehead atoms. The number of para-hydroxylation sites is 1. The van der Waals surface area contributed by atoms with Crippen LogP contribution in [0.4, 0.5) is 27.6 Å². The third-order valence-corrected chi connectivity index (χ3v) is 17.5. The molecule has 0 unspecified atom stereocenters. The van der Waals surface area contributed by atoms with E-state index in [-0.39, 0.29) is 55.0 Å². The first-order valence-electron chi connectivity index (χ1n) is 37.4. The van der Waals surface area contributed by atoms with Crippen molar-refractivity contribution in [3.8, 4) is 6.07 Å². The number of furan rings is 2. The van der Waals surface area contributed by atoms with Gasteiger partial charge in [0.25, 0.3) is 0 Å². The zero-order chi connectivity index (χ0) is 82.8. The van der Waals surface area contributed by atoms with Gasteiger partial charge in [-0.15, -0.1) is 0 Å². The normalized spacial score (nSPS) is 12.0. The Labute approximate surface area is 650 Å². The van der Waals surface area contributed by atoms with Gasteiger partial charge in [-0.25, -0.2) is 13.6 Å². The smallest absolute Gasteiger partial charge is 0.416 e. The standard InChI is InChI=1S/C18H18.C11H13F3.2C11H13N.2C10H13F.C10H16O.C9H19N.C8H12O/c1-18(2,3)17-12-13-8-4-5-9-14(13)15-10-6-7-11-16(15)17;1-10(2,3)8-4-6-9(7-5-8)11(12,13)14;1-11(2,3)9-7-5-6-8-10(9)12-4;1-11(2,3)10-6-4-9(8-12)5-7-10;1-10(2,3)8-4-6-9(11)7-5-8;1-10(2,3)8-6-4-5-7-9(8)11;1-5-8-6-7-9(11-8)10(2,3)4;1-8(7-10(5)6)9(2,3)4;1-8(2,3)7-4-5-9-6-7/h4-12H,1-3H3;4-7H,1-3H3;5-8H,1-3H3;4-7H,1-3H3;2*4-7H,1-3H3;6-7H,5H2,1-4H3;7H,1-6H3;4-6H,1-3H3/b;;;;;;;8-7+;. The number of nitriles is 1. The predicted octanol–water partition coefficient (Wildman–Crippen LogP) is 30.1. The van der Waals surface area contributed by atoms with E-state index in [1.54, 1.807) is 18.6 Å². The van der Waals surface area contributed by atoms with E-state index in [2.05, 4.69) is 262 Å². The van der Waals surface area contributed by atoms with Crippen molar-refractivity contribution in [2.24, 2.45) is 5.41 Å². The summed E-state index contributed by atoms with van der Waals surface area (Å²) in [6.07, 6.45) is 2.41. The first kappa shape index (κ1) is 95.1. The fourth-order valence-electron chi connectivity index (χ4n) is 10.3. The van der Waals surface area contributed by atoms with Gasteiger partial charge >= 0.3 is 6.18 Å². The zero-order valence-electron chi connectivity index (χ0n) is 71.5. The van der Waals surface area contributed by atoms with Crippen molar-refractivity contribution in [2.75, 3.05) is 14.1 Å². The maximum atomic E-state index is 13.1. The molecule has 0 radical (unpaired) electrons. The number of halogens is 5. The Morgan fingerprint density at radius 3 is 1.19 bits per heavy atom. The molecule has 10 heteroatoms. The lowest BCUT2D eigenvalue weighted by molar-refractivity contribution is -0.137. The van der Waals surface area contributed by atoms with Gasteiger partial charge in [0.05, 0.1) is 36.3 Å². The first-order chi connectivity index (χ1) is 49.4. The molecule has 0 atom stereocenters. The molecule has 0 amide bonds. The average molecular weight is 1480 g/mol. The molecule has 0 spiro atoms. The summed E-state index contributed by atoms with van der Waals surface area (Å²) in [5.41, 5.74) is 11.3. The second kappa shape index (κ2) is 40.4. The molecule has 0 N–H and O–H groups in total. The van der Waals surface area contributed by atoms with E-state index in [0.717, 1.165) is 58.0 Å². The summed E-state index contributed by atoms with van der Waals surface area (Å²) in [6, 6.07) is 62.4. The molecule has 0 aliphatic rings. The molecule has 2 heterocycles. The summed E-state index contributed by atoms with van der Waals surface area (Å²) < 4.78 is 72.7. The number of alkyl halides is 3. The molecule has 5 nitrogen and oxygen atoms in total. The second-order valence-corrected chi connectivity index (χ2v) is 36.7. The molecule has 584 valence electrons. The lowest BCUT2D eigenvalue weighted by Crippen LogP contribution is -2.12. The Bertz CT molecular complexity index is 4360. The van der Waals surface area contributed by atoms with Crippen LogP contribution < -0.4 is 0 Å². The van der Waals surface area contributed by atoms with Gasteiger partial charge in [0, 0.05) is 25.9 Å². The minimum atomic E-state index is -4.24. The monoisotopic (exact) mass is 1480 g/mol. The molecule has 8 aromatic carbocycles. The van der Waals surface area contributed by atoms with Crippen LogP contribution in [0.5, 0.6) is 0 Å². The van der Waals surface area contributed by atoms with Gasteiger partial charge in [0.15, 0.2) is 5.69 Å². The van der Waals surface area contributed by atoms with Crippen molar-refractivity contribution < 1.29 is 30.8 Å². The van der Waals surface area contributed by atoms with Gasteiger partial charge in [0.1, 0.15) is 23.2 Å². The zero-order valence-corrected chi connectivity index (χ0v) is 71.5. The molecule has 0 fully saturated rings. The van der Waals surface area contributed by atoms with E-state index >= 15 is 0 Å². The Morgan fingerprint density at radius 2 is 0.852 bits per heavy atom. The van der Waals surface area contributed by atoms with Crippen LogP contribution in [0, 0.1) is 35.0 Å². The van der Waals surface area contributed by atoms with Crippen molar-refractivity contribution in [3.05, 3.63) is 303 Å². The van der Waals surface area contributed by atoms with Gasteiger partial charge in [-0.3, -0.25) is 0 Å². The number of allylic oxidation sites excluding steroid dienone is 1. The number of nitrogens with zero attached hydrogens (tertiary/aromatic N) is 3. The highest BCUT2D eigenvalue weighted by molar-refractivity contribution is 6.09. The highest BCUT2D eigenvalue weighted by Crippen LogP contribution is 2.37. The second-order valence-electron chi connectivity index (χ2n) is 36.7. The summed E-state index contributed by atoms with van der Waals surface area (Å²) in [6.45, 7) is 68.8. The van der Waals surface area contributed by atoms with Crippen molar-refractivity contribution in [1.29, 1.82) is 5.26 Å². The predicted molar refractivity (Wildman–Crippen MR) is 453 cm³/mol. The van der Waals surface area contributed by atoms with E-state index in [1.807, 2.05) is 120 Å². The molecule has 108 heavy (non-hydrogen) atoms. The molecule has 10 aromatic rings. The van der Waals surface area contributed by atoms with Crippen LogP contribution >= 0.6 is 0 Å². The van der Waals surface area contributed by atoms with Gasteiger partial charge in [-0.1, -0.05) is 327 Å². The summed E-state index contributed by atoms with van der Waals surface area (Å²) in [4.78, 5) is 5.57. The summed E-state index contributed by atoms with van der Waals surface area (Å²) in [5.74, 6) is 1.88. The van der Waals surface area contributed by atoms with Crippen molar-refractivity contribution in [2.45, 2.75) is 257 Å². The summed E-state index contributed by atoms with van der Waals surface area (Å²) >= 11 is 0. The fraction of sp³-hybridized carbons (Fsp3) is 0.429. The number of aryl methyl sites for hydroxylation is 1. The van der Waals surface area contributed by atoms with Crippen LogP contribution in [0.3, 0.4) is 0 Å². The topological polar surface area (TPSA) is 57.7 Å². The minimum Gasteiger partial charge on any atom is -0.472 e. The Balaban J connectivity index is 0.000000416. The van der Waals surface area contributed by atoms with Crippen molar-refractivity contribution in [1.82, 2.24) is 4.90 Å². The Hall–Kier alpha value is -8.99. The number of hydrogen-bond acceptors (Lipinski definition) is 4. The maximum Gasteiger partial charge on any atom is 0.416 e. The minimum absolute atomic E-state index is 0.0706. The Kier molecular flexibility index (Phi) is 35.6. The lowest BCUT2D eigenvalue weighted by atomic mass is 9.82. The third kappa shape index (κ3) is 33.7. The maximum absolute atomic E-state index is 13.1. The molecule has 2 aromatic heterocycles. The molecular weight excluding hydrogens is 1350 g/mol. The number of hydrogen-bond donors (Lipinski definition) is 0. The van der Waals surface area contributed by atoms with Crippen LogP contribution in [0.15, 0.2) is 227 Å². The summed E-state index contributed by atoms with van der Waals surface area (Å²) in [5, 5.41) is 14.0. The van der Waals surface area contributed by atoms with Crippen LogP contribution in [0.1, 0.15) is 262 Å². The van der Waals surface area contributed by atoms with Gasteiger partial charge in [-0.05, 0) is 184 Å². The van der Waals surface area contributed by atoms with Crippen molar-refractivity contribution in [3.63, 3.8) is 0 Å². The fourth-order valence-corrected chi connectivity index (χ4v) is 10.3. The lowest BCUT2D eigenvalue weighted by Gasteiger charge is -2.22. The van der Waals surface area contributed by atoms with E-state index in [0.29, 0.717) is 5.41 Å². The van der Waals surface area contributed by atoms with E-state index in [1.165, 1.54) is 79.7 Å². The highest BCUT2D eigenvalue weighted by atomic mass is 19.4. The molecule has 0 aliphatic heterocycles. The average Bonchev–Trinajstić information content (AvgIpc) is 0.940. The van der Waals surface area contributed by atoms with Crippen LogP contribution in [0.2, 0.25) is 0 Å². The van der Waals surface area contributed by atoms with E-state index in [4.69, 9.17) is 20.7 Å². The first-order valence-corrected chi connectivity index (χ1v) is 37.4. The largest absolute Gasteiger partial charge is 0.472 e. The number of fused-ring (bicyclic) bond motifs is 3. The molecule has 0 saturated carbocycles. The molecule has 0 aliphatic carbocycles.